The highest BCUT2D eigenvalue weighted by Crippen LogP contribution is 2.31. The molecule has 1 aromatic heterocycles. The molecule has 1 amide bonds. The van der Waals surface area contributed by atoms with Crippen molar-refractivity contribution in [1.29, 1.82) is 0 Å². The lowest BCUT2D eigenvalue weighted by Gasteiger charge is -2.25. The summed E-state index contributed by atoms with van der Waals surface area (Å²) in [6, 6.07) is 1.49. The Bertz CT molecular complexity index is 667. The number of piperidine rings is 1. The second kappa shape index (κ2) is 8.14. The summed E-state index contributed by atoms with van der Waals surface area (Å²) in [4.78, 5) is 12.8. The molecule has 3 N–H and O–H groups in total. The fraction of sp³-hybridized carbons (Fsp3) is 0.667. The predicted octanol–water partition coefficient (Wildman–Crippen LogP) is 1.81. The second-order valence-electron chi connectivity index (χ2n) is 6.29. The Hall–Kier alpha value is -0.670. The Kier molecular flexibility index (Phi) is 6.66. The number of sulfonamides is 1. The molecule has 24 heavy (non-hydrogen) atoms. The van der Waals surface area contributed by atoms with Crippen molar-refractivity contribution in [2.24, 2.45) is 11.7 Å². The lowest BCUT2D eigenvalue weighted by Crippen LogP contribution is -2.39. The van der Waals surface area contributed by atoms with Crippen LogP contribution in [0.1, 0.15) is 41.8 Å². The van der Waals surface area contributed by atoms with Crippen molar-refractivity contribution in [3.63, 3.8) is 0 Å². The van der Waals surface area contributed by atoms with Crippen molar-refractivity contribution in [2.75, 3.05) is 19.6 Å². The molecular formula is C15H24ClN3O3S2. The Morgan fingerprint density at radius 3 is 2.62 bits per heavy atom. The zero-order chi connectivity index (χ0) is 16.4. The molecule has 3 rings (SSSR count). The molecule has 1 saturated carbocycles. The van der Waals surface area contributed by atoms with E-state index in [0.717, 1.165) is 32.1 Å². The molecule has 1 saturated heterocycles. The first kappa shape index (κ1) is 19.7. The molecule has 9 heteroatoms. The Morgan fingerprint density at radius 1 is 1.33 bits per heavy atom. The van der Waals surface area contributed by atoms with E-state index in [1.54, 1.807) is 5.38 Å². The van der Waals surface area contributed by atoms with Crippen molar-refractivity contribution >= 4 is 39.7 Å². The molecule has 2 fully saturated rings. The summed E-state index contributed by atoms with van der Waals surface area (Å²) in [6.07, 6.45) is 5.04. The lowest BCUT2D eigenvalue weighted by molar-refractivity contribution is 0.0951. The van der Waals surface area contributed by atoms with E-state index in [0.29, 0.717) is 25.6 Å². The van der Waals surface area contributed by atoms with E-state index in [2.05, 4.69) is 5.32 Å². The topological polar surface area (TPSA) is 92.5 Å². The van der Waals surface area contributed by atoms with Gasteiger partial charge in [-0.3, -0.25) is 4.79 Å². The normalized spacial score (nSPS) is 20.2. The number of thiophene rings is 1. The number of nitrogens with zero attached hydrogens (tertiary/aromatic N) is 1. The van der Waals surface area contributed by atoms with E-state index in [1.807, 2.05) is 0 Å². The highest BCUT2D eigenvalue weighted by atomic mass is 35.5. The smallest absolute Gasteiger partial charge is 0.262 e. The minimum Gasteiger partial charge on any atom is -0.350 e. The van der Waals surface area contributed by atoms with Crippen molar-refractivity contribution in [1.82, 2.24) is 9.62 Å². The van der Waals surface area contributed by atoms with Gasteiger partial charge in [0.1, 0.15) is 9.77 Å². The fourth-order valence-electron chi connectivity index (χ4n) is 2.89. The number of carbonyl (C=O) groups excluding carboxylic acids is 1. The molecule has 0 radical (unpaired) electrons. The molecule has 1 aliphatic heterocycles. The SMILES string of the molecule is Cl.NC(CNC(=O)c1sccc1S(=O)(=O)N1CCCCC1)C1CC1. The number of hydrogen-bond acceptors (Lipinski definition) is 5. The summed E-state index contributed by atoms with van der Waals surface area (Å²) in [5, 5.41) is 4.44. The maximum atomic E-state index is 12.8. The van der Waals surface area contributed by atoms with Crippen LogP contribution >= 0.6 is 23.7 Å². The zero-order valence-corrected chi connectivity index (χ0v) is 15.9. The molecule has 0 aromatic carbocycles. The molecule has 0 spiro atoms. The number of carbonyl (C=O) groups is 1. The van der Waals surface area contributed by atoms with Gasteiger partial charge in [0.2, 0.25) is 10.0 Å². The van der Waals surface area contributed by atoms with Crippen LogP contribution in [0.15, 0.2) is 16.3 Å². The minimum absolute atomic E-state index is 0. The van der Waals surface area contributed by atoms with Gasteiger partial charge in [0.25, 0.3) is 5.91 Å². The third kappa shape index (κ3) is 4.29. The van der Waals surface area contributed by atoms with Gasteiger partial charge in [0.05, 0.1) is 0 Å². The molecule has 1 aromatic rings. The average molecular weight is 394 g/mol. The molecule has 2 heterocycles. The average Bonchev–Trinajstić information content (AvgIpc) is 3.29. The van der Waals surface area contributed by atoms with Crippen molar-refractivity contribution in [3.8, 4) is 0 Å². The fourth-order valence-corrected chi connectivity index (χ4v) is 5.73. The summed E-state index contributed by atoms with van der Waals surface area (Å²) < 4.78 is 27.0. The van der Waals surface area contributed by atoms with Crippen molar-refractivity contribution in [3.05, 3.63) is 16.3 Å². The van der Waals surface area contributed by atoms with Crippen LogP contribution in [0.2, 0.25) is 0 Å². The van der Waals surface area contributed by atoms with Gasteiger partial charge in [-0.15, -0.1) is 23.7 Å². The van der Waals surface area contributed by atoms with E-state index in [9.17, 15) is 13.2 Å². The van der Waals surface area contributed by atoms with Crippen molar-refractivity contribution < 1.29 is 13.2 Å². The van der Waals surface area contributed by atoms with Gasteiger partial charge in [0, 0.05) is 25.7 Å². The quantitative estimate of drug-likeness (QED) is 0.770. The maximum Gasteiger partial charge on any atom is 0.262 e. The number of nitrogens with two attached hydrogens (primary N) is 1. The van der Waals surface area contributed by atoms with E-state index in [-0.39, 0.29) is 34.1 Å². The number of nitrogens with one attached hydrogen (secondary N) is 1. The summed E-state index contributed by atoms with van der Waals surface area (Å²) in [6.45, 7) is 1.46. The number of rotatable bonds is 6. The van der Waals surface area contributed by atoms with Crippen LogP contribution in [0.4, 0.5) is 0 Å². The lowest BCUT2D eigenvalue weighted by atomic mass is 10.2. The molecule has 6 nitrogen and oxygen atoms in total. The minimum atomic E-state index is -3.59. The van der Waals surface area contributed by atoms with Crippen LogP contribution in [0.5, 0.6) is 0 Å². The predicted molar refractivity (Wildman–Crippen MR) is 97.2 cm³/mol. The first-order valence-corrected chi connectivity index (χ1v) is 10.4. The van der Waals surface area contributed by atoms with Gasteiger partial charge in [-0.1, -0.05) is 6.42 Å². The molecular weight excluding hydrogens is 370 g/mol. The van der Waals surface area contributed by atoms with Crippen LogP contribution in [0, 0.1) is 5.92 Å². The van der Waals surface area contributed by atoms with Gasteiger partial charge in [-0.25, -0.2) is 8.42 Å². The van der Waals surface area contributed by atoms with E-state index < -0.39 is 10.0 Å². The number of halogens is 1. The summed E-state index contributed by atoms with van der Waals surface area (Å²) >= 11 is 1.17. The second-order valence-corrected chi connectivity index (χ2v) is 9.11. The Balaban J connectivity index is 0.00000208. The molecule has 136 valence electrons. The van der Waals surface area contributed by atoms with Crippen LogP contribution in [0.25, 0.3) is 0 Å². The summed E-state index contributed by atoms with van der Waals surface area (Å²) in [5.74, 6) is 0.155. The first-order chi connectivity index (χ1) is 11.0. The molecule has 1 unspecified atom stereocenters. The maximum absolute atomic E-state index is 12.8. The zero-order valence-electron chi connectivity index (χ0n) is 13.4. The molecule has 2 aliphatic rings. The van der Waals surface area contributed by atoms with Crippen LogP contribution in [0.3, 0.4) is 0 Å². The van der Waals surface area contributed by atoms with Gasteiger partial charge in [-0.05, 0) is 43.0 Å². The third-order valence-electron chi connectivity index (χ3n) is 4.49. The van der Waals surface area contributed by atoms with Gasteiger partial charge >= 0.3 is 0 Å². The first-order valence-electron chi connectivity index (χ1n) is 8.11. The number of hydrogen-bond donors (Lipinski definition) is 2. The standard InChI is InChI=1S/C15H23N3O3S2.ClH/c16-12(11-4-5-11)10-17-15(19)14-13(6-9-22-14)23(20,21)18-7-2-1-3-8-18;/h6,9,11-12H,1-5,7-8,10,16H2,(H,17,19);1H. The summed E-state index contributed by atoms with van der Waals surface area (Å²) in [7, 11) is -3.59. The molecule has 1 aliphatic carbocycles. The van der Waals surface area contributed by atoms with Gasteiger partial charge < -0.3 is 11.1 Å². The van der Waals surface area contributed by atoms with E-state index in [1.165, 1.54) is 21.7 Å². The highest BCUT2D eigenvalue weighted by Gasteiger charge is 2.32. The molecule has 1 atom stereocenters. The Labute approximate surface area is 153 Å². The van der Waals surface area contributed by atoms with E-state index >= 15 is 0 Å². The summed E-state index contributed by atoms with van der Waals surface area (Å²) in [5.41, 5.74) is 5.98. The monoisotopic (exact) mass is 393 g/mol. The van der Waals surface area contributed by atoms with Crippen LogP contribution in [-0.4, -0.2) is 44.3 Å². The number of amides is 1. The largest absolute Gasteiger partial charge is 0.350 e. The van der Waals surface area contributed by atoms with Crippen LogP contribution < -0.4 is 11.1 Å². The van der Waals surface area contributed by atoms with E-state index in [4.69, 9.17) is 5.73 Å². The van der Waals surface area contributed by atoms with Crippen LogP contribution in [-0.2, 0) is 10.0 Å². The third-order valence-corrected chi connectivity index (χ3v) is 7.48. The van der Waals surface area contributed by atoms with Gasteiger partial charge in [0.15, 0.2) is 0 Å². The Morgan fingerprint density at radius 2 is 2.00 bits per heavy atom. The van der Waals surface area contributed by atoms with Gasteiger partial charge in [-0.2, -0.15) is 4.31 Å². The van der Waals surface area contributed by atoms with Crippen molar-refractivity contribution in [2.45, 2.75) is 43.0 Å². The molecule has 0 bridgehead atoms. The highest BCUT2D eigenvalue weighted by molar-refractivity contribution is 7.89.